The second-order valence-electron chi connectivity index (χ2n) is 5.69. The van der Waals surface area contributed by atoms with Gasteiger partial charge in [-0.25, -0.2) is 4.98 Å². The van der Waals surface area contributed by atoms with Gasteiger partial charge < -0.3 is 15.1 Å². The van der Waals surface area contributed by atoms with Crippen LogP contribution >= 0.6 is 11.3 Å². The average molecular weight is 313 g/mol. The van der Waals surface area contributed by atoms with Crippen LogP contribution in [-0.2, 0) is 13.0 Å². The molecule has 1 N–H and O–H groups in total. The maximum Gasteiger partial charge on any atom is 0.185 e. The summed E-state index contributed by atoms with van der Waals surface area (Å²) in [6.45, 7) is 11.8. The van der Waals surface area contributed by atoms with E-state index >= 15 is 0 Å². The van der Waals surface area contributed by atoms with Crippen molar-refractivity contribution >= 4 is 16.5 Å². The molecule has 0 aliphatic rings. The highest BCUT2D eigenvalue weighted by atomic mass is 32.1. The Labute approximate surface area is 134 Å². The van der Waals surface area contributed by atoms with Gasteiger partial charge in [0.05, 0.1) is 5.69 Å². The number of aromatic nitrogens is 1. The van der Waals surface area contributed by atoms with Crippen molar-refractivity contribution < 1.29 is 0 Å². The predicted octanol–water partition coefficient (Wildman–Crippen LogP) is 2.98. The van der Waals surface area contributed by atoms with Crippen LogP contribution in [0.3, 0.4) is 0 Å². The van der Waals surface area contributed by atoms with Gasteiger partial charge in [-0.2, -0.15) is 0 Å². The first-order valence-corrected chi connectivity index (χ1v) is 9.02. The van der Waals surface area contributed by atoms with Gasteiger partial charge in [0.1, 0.15) is 0 Å². The molecule has 1 heterocycles. The second kappa shape index (κ2) is 10.1. The van der Waals surface area contributed by atoms with E-state index in [4.69, 9.17) is 4.98 Å². The first-order chi connectivity index (χ1) is 10.1. The summed E-state index contributed by atoms with van der Waals surface area (Å²) in [6.07, 6.45) is 3.41. The molecule has 0 aliphatic heterocycles. The SMILES string of the molecule is CCCc1nc(N(CCC)CCN(C)C)sc1CNCC. The smallest absolute Gasteiger partial charge is 0.185 e. The lowest BCUT2D eigenvalue weighted by Gasteiger charge is -2.23. The Kier molecular flexibility index (Phi) is 8.88. The van der Waals surface area contributed by atoms with Crippen molar-refractivity contribution in [2.75, 3.05) is 45.2 Å². The van der Waals surface area contributed by atoms with Crippen molar-refractivity contribution in [1.29, 1.82) is 0 Å². The van der Waals surface area contributed by atoms with Crippen LogP contribution in [0.1, 0.15) is 44.2 Å². The van der Waals surface area contributed by atoms with Gasteiger partial charge in [0.2, 0.25) is 0 Å². The summed E-state index contributed by atoms with van der Waals surface area (Å²) < 4.78 is 0. The fraction of sp³-hybridized carbons (Fsp3) is 0.812. The summed E-state index contributed by atoms with van der Waals surface area (Å²) in [5.74, 6) is 0. The summed E-state index contributed by atoms with van der Waals surface area (Å²) in [5.41, 5.74) is 1.30. The Balaban J connectivity index is 2.85. The summed E-state index contributed by atoms with van der Waals surface area (Å²) in [4.78, 5) is 11.0. The van der Waals surface area contributed by atoms with Gasteiger partial charge in [-0.15, -0.1) is 11.3 Å². The molecule has 1 aromatic rings. The quantitative estimate of drug-likeness (QED) is 0.681. The molecule has 0 aliphatic carbocycles. The molecule has 0 unspecified atom stereocenters. The monoisotopic (exact) mass is 312 g/mol. The van der Waals surface area contributed by atoms with Crippen LogP contribution in [-0.4, -0.2) is 50.2 Å². The normalized spacial score (nSPS) is 11.3. The van der Waals surface area contributed by atoms with Gasteiger partial charge in [-0.3, -0.25) is 0 Å². The van der Waals surface area contributed by atoms with Crippen molar-refractivity contribution in [2.45, 2.75) is 46.6 Å². The Morgan fingerprint density at radius 3 is 2.38 bits per heavy atom. The van der Waals surface area contributed by atoms with Crippen LogP contribution in [0, 0.1) is 0 Å². The molecule has 0 spiro atoms. The zero-order valence-electron chi connectivity index (χ0n) is 14.4. The number of nitrogens with zero attached hydrogens (tertiary/aromatic N) is 3. The number of aryl methyl sites for hydroxylation is 1. The van der Waals surface area contributed by atoms with Crippen LogP contribution in [0.2, 0.25) is 0 Å². The highest BCUT2D eigenvalue weighted by Gasteiger charge is 2.15. The number of rotatable bonds is 11. The first-order valence-electron chi connectivity index (χ1n) is 8.21. The fourth-order valence-corrected chi connectivity index (χ4v) is 3.34. The van der Waals surface area contributed by atoms with E-state index in [0.29, 0.717) is 0 Å². The maximum atomic E-state index is 4.94. The Morgan fingerprint density at radius 1 is 1.05 bits per heavy atom. The molecule has 5 heteroatoms. The number of anilines is 1. The molecule has 1 aromatic heterocycles. The lowest BCUT2D eigenvalue weighted by atomic mass is 10.2. The van der Waals surface area contributed by atoms with E-state index in [-0.39, 0.29) is 0 Å². The van der Waals surface area contributed by atoms with Crippen molar-refractivity contribution in [3.8, 4) is 0 Å². The number of thiazole rings is 1. The summed E-state index contributed by atoms with van der Waals surface area (Å²) in [7, 11) is 4.26. The van der Waals surface area contributed by atoms with Gasteiger partial charge in [0.15, 0.2) is 5.13 Å². The molecular formula is C16H32N4S. The minimum absolute atomic E-state index is 0.956. The van der Waals surface area contributed by atoms with Crippen molar-refractivity contribution in [3.63, 3.8) is 0 Å². The van der Waals surface area contributed by atoms with Crippen LogP contribution < -0.4 is 10.2 Å². The average Bonchev–Trinajstić information content (AvgIpc) is 2.84. The molecule has 4 nitrogen and oxygen atoms in total. The minimum Gasteiger partial charge on any atom is -0.347 e. The Bertz CT molecular complexity index is 390. The van der Waals surface area contributed by atoms with Crippen LogP contribution in [0.15, 0.2) is 0 Å². The Hall–Kier alpha value is -0.650. The maximum absolute atomic E-state index is 4.94. The fourth-order valence-electron chi connectivity index (χ4n) is 2.21. The lowest BCUT2D eigenvalue weighted by Crippen LogP contribution is -2.32. The van der Waals surface area contributed by atoms with Gasteiger partial charge in [0, 0.05) is 31.1 Å². The van der Waals surface area contributed by atoms with Crippen LogP contribution in [0.25, 0.3) is 0 Å². The first kappa shape index (κ1) is 18.4. The predicted molar refractivity (Wildman–Crippen MR) is 94.5 cm³/mol. The molecular weight excluding hydrogens is 280 g/mol. The minimum atomic E-state index is 0.956. The highest BCUT2D eigenvalue weighted by molar-refractivity contribution is 7.15. The van der Waals surface area contributed by atoms with E-state index < -0.39 is 0 Å². The van der Waals surface area contributed by atoms with Crippen LogP contribution in [0.4, 0.5) is 5.13 Å². The lowest BCUT2D eigenvalue weighted by molar-refractivity contribution is 0.413. The molecule has 0 atom stereocenters. The number of nitrogens with one attached hydrogen (secondary N) is 1. The third-order valence-corrected chi connectivity index (χ3v) is 4.53. The van der Waals surface area contributed by atoms with Crippen molar-refractivity contribution in [2.24, 2.45) is 0 Å². The highest BCUT2D eigenvalue weighted by Crippen LogP contribution is 2.27. The second-order valence-corrected chi connectivity index (χ2v) is 6.75. The van der Waals surface area contributed by atoms with Gasteiger partial charge in [-0.1, -0.05) is 27.2 Å². The van der Waals surface area contributed by atoms with Gasteiger partial charge in [0.25, 0.3) is 0 Å². The van der Waals surface area contributed by atoms with Gasteiger partial charge >= 0.3 is 0 Å². The van der Waals surface area contributed by atoms with Gasteiger partial charge in [-0.05, 0) is 33.5 Å². The molecule has 1 rings (SSSR count). The summed E-state index contributed by atoms with van der Waals surface area (Å²) in [6, 6.07) is 0. The largest absolute Gasteiger partial charge is 0.347 e. The van der Waals surface area contributed by atoms with E-state index in [9.17, 15) is 0 Å². The molecule has 0 aromatic carbocycles. The molecule has 0 fully saturated rings. The van der Waals surface area contributed by atoms with Crippen LogP contribution in [0.5, 0.6) is 0 Å². The topological polar surface area (TPSA) is 31.4 Å². The van der Waals surface area contributed by atoms with Crippen molar-refractivity contribution in [1.82, 2.24) is 15.2 Å². The van der Waals surface area contributed by atoms with E-state index in [1.807, 2.05) is 11.3 Å². The number of likely N-dealkylation sites (N-methyl/N-ethyl adjacent to an activating group) is 1. The molecule has 0 amide bonds. The summed E-state index contributed by atoms with van der Waals surface area (Å²) in [5, 5.41) is 4.65. The van der Waals surface area contributed by atoms with E-state index in [0.717, 1.165) is 45.6 Å². The van der Waals surface area contributed by atoms with E-state index in [1.165, 1.54) is 22.1 Å². The van der Waals surface area contributed by atoms with Crippen molar-refractivity contribution in [3.05, 3.63) is 10.6 Å². The standard InChI is InChI=1S/C16H32N4S/c1-6-9-14-15(13-17-8-3)21-16(18-14)20(10-7-2)12-11-19(4)5/h17H,6-13H2,1-5H3. The number of hydrogen-bond acceptors (Lipinski definition) is 5. The molecule has 21 heavy (non-hydrogen) atoms. The number of hydrogen-bond donors (Lipinski definition) is 1. The summed E-state index contributed by atoms with van der Waals surface area (Å²) >= 11 is 1.87. The van der Waals surface area contributed by atoms with E-state index in [2.05, 4.69) is 50.0 Å². The molecule has 0 saturated heterocycles. The molecule has 0 bridgehead atoms. The zero-order chi connectivity index (χ0) is 15.7. The molecule has 122 valence electrons. The third-order valence-electron chi connectivity index (χ3n) is 3.37. The third kappa shape index (κ3) is 6.32. The molecule has 0 radical (unpaired) electrons. The zero-order valence-corrected chi connectivity index (χ0v) is 15.2. The molecule has 0 saturated carbocycles. The Morgan fingerprint density at radius 2 is 1.81 bits per heavy atom. The van der Waals surface area contributed by atoms with E-state index in [1.54, 1.807) is 0 Å².